The fourth-order valence-electron chi connectivity index (χ4n) is 2.23. The number of allylic oxidation sites excluding steroid dienone is 3. The van der Waals surface area contributed by atoms with Crippen LogP contribution < -0.4 is 10.6 Å². The molecule has 1 aliphatic carbocycles. The van der Waals surface area contributed by atoms with E-state index in [1.54, 1.807) is 0 Å². The predicted octanol–water partition coefficient (Wildman–Crippen LogP) is 6.21. The summed E-state index contributed by atoms with van der Waals surface area (Å²) in [5.41, 5.74) is 4.31. The molecule has 2 aromatic carbocycles. The first kappa shape index (κ1) is 15.4. The number of hydrogen-bond donors (Lipinski definition) is 2. The van der Waals surface area contributed by atoms with Gasteiger partial charge in [0.25, 0.3) is 0 Å². The second-order valence-corrected chi connectivity index (χ2v) is 7.16. The highest BCUT2D eigenvalue weighted by molar-refractivity contribution is 9.10. The molecular weight excluding hydrogens is 404 g/mol. The topological polar surface area (TPSA) is 24.1 Å². The summed E-state index contributed by atoms with van der Waals surface area (Å²) in [6.07, 6.45) is 7.48. The summed E-state index contributed by atoms with van der Waals surface area (Å²) in [7, 11) is 0. The summed E-state index contributed by atoms with van der Waals surface area (Å²) in [6.45, 7) is 0. The Morgan fingerprint density at radius 3 is 2.23 bits per heavy atom. The highest BCUT2D eigenvalue weighted by Gasteiger charge is 2.07. The molecule has 0 saturated heterocycles. The van der Waals surface area contributed by atoms with E-state index in [2.05, 4.69) is 85.0 Å². The van der Waals surface area contributed by atoms with Crippen LogP contribution in [0.5, 0.6) is 0 Å². The average molecular weight is 420 g/mol. The standard InChI is InChI=1S/C18H16Br2N2/c19-13-5-9-15(10-6-13)21-17-3-1-2-4-18(17)22-16-11-7-14(20)8-12-16/h1-7,9-12,14,21-22H,8H2. The van der Waals surface area contributed by atoms with Crippen LogP contribution in [0.25, 0.3) is 0 Å². The molecule has 0 aromatic heterocycles. The van der Waals surface area contributed by atoms with Crippen molar-refractivity contribution in [2.24, 2.45) is 0 Å². The molecule has 1 unspecified atom stereocenters. The highest BCUT2D eigenvalue weighted by Crippen LogP contribution is 2.28. The van der Waals surface area contributed by atoms with Gasteiger partial charge < -0.3 is 10.6 Å². The second-order valence-electron chi connectivity index (χ2n) is 5.07. The summed E-state index contributed by atoms with van der Waals surface area (Å²) < 4.78 is 1.08. The quantitative estimate of drug-likeness (QED) is 0.575. The zero-order valence-corrected chi connectivity index (χ0v) is 15.1. The van der Waals surface area contributed by atoms with E-state index >= 15 is 0 Å². The SMILES string of the molecule is Brc1ccc(Nc2ccccc2NC2=CCC(Br)C=C2)cc1. The zero-order chi connectivity index (χ0) is 15.4. The van der Waals surface area contributed by atoms with Crippen molar-refractivity contribution < 1.29 is 0 Å². The van der Waals surface area contributed by atoms with Gasteiger partial charge in [0.15, 0.2) is 0 Å². The van der Waals surface area contributed by atoms with Crippen LogP contribution in [0.4, 0.5) is 17.1 Å². The van der Waals surface area contributed by atoms with Crippen LogP contribution in [0.1, 0.15) is 6.42 Å². The van der Waals surface area contributed by atoms with Crippen LogP contribution in [0.2, 0.25) is 0 Å². The fourth-order valence-corrected chi connectivity index (χ4v) is 2.84. The minimum atomic E-state index is 0.439. The van der Waals surface area contributed by atoms with Crippen molar-refractivity contribution >= 4 is 48.9 Å². The number of para-hydroxylation sites is 2. The Morgan fingerprint density at radius 2 is 1.59 bits per heavy atom. The molecule has 2 nitrogen and oxygen atoms in total. The minimum Gasteiger partial charge on any atom is -0.354 e. The number of nitrogens with one attached hydrogen (secondary N) is 2. The second kappa shape index (κ2) is 7.16. The van der Waals surface area contributed by atoms with Crippen LogP contribution in [0.15, 0.2) is 76.9 Å². The van der Waals surface area contributed by atoms with E-state index in [1.807, 2.05) is 24.3 Å². The Balaban J connectivity index is 1.78. The Morgan fingerprint density at radius 1 is 0.909 bits per heavy atom. The van der Waals surface area contributed by atoms with Gasteiger partial charge in [0.2, 0.25) is 0 Å². The van der Waals surface area contributed by atoms with Gasteiger partial charge >= 0.3 is 0 Å². The molecule has 0 radical (unpaired) electrons. The van der Waals surface area contributed by atoms with Gasteiger partial charge in [-0.1, -0.05) is 56.1 Å². The smallest absolute Gasteiger partial charge is 0.0623 e. The first-order chi connectivity index (χ1) is 10.7. The minimum absolute atomic E-state index is 0.439. The van der Waals surface area contributed by atoms with Crippen molar-refractivity contribution in [2.75, 3.05) is 10.6 Å². The molecule has 0 aliphatic heterocycles. The van der Waals surface area contributed by atoms with Gasteiger partial charge in [-0.15, -0.1) is 0 Å². The number of halogens is 2. The summed E-state index contributed by atoms with van der Waals surface area (Å²) in [6, 6.07) is 16.4. The largest absolute Gasteiger partial charge is 0.354 e. The van der Waals surface area contributed by atoms with Crippen LogP contribution in [0, 0.1) is 0 Å². The van der Waals surface area contributed by atoms with Gasteiger partial charge in [-0.25, -0.2) is 0 Å². The first-order valence-electron chi connectivity index (χ1n) is 7.12. The van der Waals surface area contributed by atoms with Gasteiger partial charge in [-0.2, -0.15) is 0 Å². The molecule has 0 saturated carbocycles. The third-order valence-electron chi connectivity index (χ3n) is 3.38. The van der Waals surface area contributed by atoms with Crippen molar-refractivity contribution in [3.63, 3.8) is 0 Å². The lowest BCUT2D eigenvalue weighted by Gasteiger charge is -2.17. The summed E-state index contributed by atoms with van der Waals surface area (Å²) >= 11 is 7.05. The third kappa shape index (κ3) is 4.02. The molecule has 22 heavy (non-hydrogen) atoms. The van der Waals surface area contributed by atoms with Crippen molar-refractivity contribution in [3.05, 3.63) is 76.9 Å². The van der Waals surface area contributed by atoms with Gasteiger partial charge in [0, 0.05) is 20.7 Å². The lowest BCUT2D eigenvalue weighted by atomic mass is 10.1. The summed E-state index contributed by atoms with van der Waals surface area (Å²) in [5, 5.41) is 6.94. The predicted molar refractivity (Wildman–Crippen MR) is 102 cm³/mol. The average Bonchev–Trinajstić information content (AvgIpc) is 2.54. The summed E-state index contributed by atoms with van der Waals surface area (Å²) in [4.78, 5) is 0.439. The monoisotopic (exact) mass is 418 g/mol. The van der Waals surface area contributed by atoms with E-state index in [0.29, 0.717) is 4.83 Å². The molecule has 0 spiro atoms. The first-order valence-corrected chi connectivity index (χ1v) is 8.83. The molecule has 0 heterocycles. The maximum atomic E-state index is 3.59. The fraction of sp³-hybridized carbons (Fsp3) is 0.111. The Hall–Kier alpha value is -1.52. The number of benzene rings is 2. The zero-order valence-electron chi connectivity index (χ0n) is 11.9. The molecule has 1 aliphatic rings. The number of hydrogen-bond acceptors (Lipinski definition) is 2. The Bertz CT molecular complexity index is 705. The third-order valence-corrected chi connectivity index (χ3v) is 4.58. The molecular formula is C18H16Br2N2. The van der Waals surface area contributed by atoms with E-state index in [4.69, 9.17) is 0 Å². The number of alkyl halides is 1. The van der Waals surface area contributed by atoms with Gasteiger partial charge in [0.05, 0.1) is 11.4 Å². The number of rotatable bonds is 4. The molecule has 4 heteroatoms. The van der Waals surface area contributed by atoms with Gasteiger partial charge in [0.1, 0.15) is 0 Å². The Kier molecular flexibility index (Phi) is 5.01. The number of anilines is 3. The molecule has 2 aromatic rings. The molecule has 0 fully saturated rings. The van der Waals surface area contributed by atoms with Crippen molar-refractivity contribution in [1.82, 2.24) is 0 Å². The van der Waals surface area contributed by atoms with E-state index in [9.17, 15) is 0 Å². The lowest BCUT2D eigenvalue weighted by molar-refractivity contribution is 1.05. The summed E-state index contributed by atoms with van der Waals surface area (Å²) in [5.74, 6) is 0. The van der Waals surface area contributed by atoms with Gasteiger partial charge in [-0.3, -0.25) is 0 Å². The van der Waals surface area contributed by atoms with Crippen molar-refractivity contribution in [1.29, 1.82) is 0 Å². The normalized spacial score (nSPS) is 17.0. The van der Waals surface area contributed by atoms with Crippen molar-refractivity contribution in [2.45, 2.75) is 11.2 Å². The van der Waals surface area contributed by atoms with Crippen molar-refractivity contribution in [3.8, 4) is 0 Å². The van der Waals surface area contributed by atoms with Crippen LogP contribution in [0.3, 0.4) is 0 Å². The van der Waals surface area contributed by atoms with Crippen LogP contribution >= 0.6 is 31.9 Å². The molecule has 0 bridgehead atoms. The molecule has 1 atom stereocenters. The van der Waals surface area contributed by atoms with E-state index in [1.165, 1.54) is 0 Å². The van der Waals surface area contributed by atoms with E-state index in [-0.39, 0.29) is 0 Å². The van der Waals surface area contributed by atoms with E-state index < -0.39 is 0 Å². The van der Waals surface area contributed by atoms with E-state index in [0.717, 1.165) is 33.7 Å². The molecule has 112 valence electrons. The Labute approximate surface area is 147 Å². The van der Waals surface area contributed by atoms with Gasteiger partial charge in [-0.05, 0) is 48.9 Å². The van der Waals surface area contributed by atoms with Crippen LogP contribution in [-0.4, -0.2) is 4.83 Å². The molecule has 3 rings (SSSR count). The maximum absolute atomic E-state index is 3.59. The maximum Gasteiger partial charge on any atom is 0.0623 e. The molecule has 0 amide bonds. The van der Waals surface area contributed by atoms with Crippen LogP contribution in [-0.2, 0) is 0 Å². The lowest BCUT2D eigenvalue weighted by Crippen LogP contribution is -2.05. The molecule has 2 N–H and O–H groups in total. The highest BCUT2D eigenvalue weighted by atomic mass is 79.9.